The monoisotopic (exact) mass is 500 g/mol. The van der Waals surface area contributed by atoms with Gasteiger partial charge in [0.15, 0.2) is 0 Å². The van der Waals surface area contributed by atoms with E-state index in [4.69, 9.17) is 4.74 Å². The Balaban J connectivity index is 1.39. The van der Waals surface area contributed by atoms with E-state index in [1.54, 1.807) is 68.0 Å². The third-order valence-corrected chi connectivity index (χ3v) is 5.53. The second-order valence-electron chi connectivity index (χ2n) is 8.25. The summed E-state index contributed by atoms with van der Waals surface area (Å²) in [4.78, 5) is 40.6. The van der Waals surface area contributed by atoms with Crippen molar-refractivity contribution >= 4 is 17.7 Å². The minimum Gasteiger partial charge on any atom is -0.450 e. The molecular formula is C27H28N6O4. The van der Waals surface area contributed by atoms with Gasteiger partial charge >= 0.3 is 6.09 Å². The molecule has 4 rings (SSSR count). The van der Waals surface area contributed by atoms with Gasteiger partial charge in [-0.3, -0.25) is 14.9 Å². The van der Waals surface area contributed by atoms with E-state index in [1.807, 2.05) is 16.8 Å². The summed E-state index contributed by atoms with van der Waals surface area (Å²) in [5, 5.41) is 10.1. The van der Waals surface area contributed by atoms with Crippen LogP contribution >= 0.6 is 0 Å². The second-order valence-corrected chi connectivity index (χ2v) is 8.25. The minimum atomic E-state index is -0.538. The van der Waals surface area contributed by atoms with Crippen molar-refractivity contribution in [2.75, 3.05) is 18.5 Å². The highest BCUT2D eigenvalue weighted by Crippen LogP contribution is 2.17. The topological polar surface area (TPSA) is 120 Å². The summed E-state index contributed by atoms with van der Waals surface area (Å²) in [7, 11) is 0. The number of ether oxygens (including phenoxy) is 1. The lowest BCUT2D eigenvalue weighted by Crippen LogP contribution is -2.25. The van der Waals surface area contributed by atoms with Crippen molar-refractivity contribution in [3.05, 3.63) is 101 Å². The number of hydrogen-bond acceptors (Lipinski definition) is 6. The zero-order chi connectivity index (χ0) is 26.0. The molecule has 190 valence electrons. The van der Waals surface area contributed by atoms with Crippen molar-refractivity contribution in [2.24, 2.45) is 0 Å². The fourth-order valence-corrected chi connectivity index (χ4v) is 3.70. The number of carbonyl (C=O) groups is 2. The Morgan fingerprint density at radius 3 is 2.65 bits per heavy atom. The van der Waals surface area contributed by atoms with Gasteiger partial charge in [-0.05, 0) is 49.2 Å². The van der Waals surface area contributed by atoms with Crippen LogP contribution in [0.3, 0.4) is 0 Å². The SMILES string of the molecule is CCOC(=O)Nc1cccc(Cn2nc(-c3ccc(C(=O)NCCCn4ccnc4)cc3)ccc2=O)c1. The van der Waals surface area contributed by atoms with E-state index in [2.05, 4.69) is 20.7 Å². The Morgan fingerprint density at radius 1 is 1.05 bits per heavy atom. The Hall–Kier alpha value is -4.73. The molecule has 2 heterocycles. The Labute approximate surface area is 213 Å². The normalized spacial score (nSPS) is 10.6. The maximum absolute atomic E-state index is 12.5. The number of rotatable bonds is 10. The van der Waals surface area contributed by atoms with E-state index in [0.717, 1.165) is 24.1 Å². The van der Waals surface area contributed by atoms with Crippen LogP contribution in [0, 0.1) is 0 Å². The first-order valence-electron chi connectivity index (χ1n) is 12.0. The molecule has 0 saturated heterocycles. The van der Waals surface area contributed by atoms with Crippen LogP contribution in [0.5, 0.6) is 0 Å². The zero-order valence-electron chi connectivity index (χ0n) is 20.5. The quantitative estimate of drug-likeness (QED) is 0.322. The van der Waals surface area contributed by atoms with Gasteiger partial charge in [-0.15, -0.1) is 0 Å². The lowest BCUT2D eigenvalue weighted by molar-refractivity contribution is 0.0952. The number of benzene rings is 2. The van der Waals surface area contributed by atoms with Gasteiger partial charge in [0.1, 0.15) is 0 Å². The molecule has 0 bridgehead atoms. The average molecular weight is 501 g/mol. The molecule has 4 aromatic rings. The molecule has 2 amide bonds. The molecule has 0 aliphatic rings. The molecule has 0 unspecified atom stereocenters. The van der Waals surface area contributed by atoms with Crippen LogP contribution in [-0.2, 0) is 17.8 Å². The van der Waals surface area contributed by atoms with Crippen LogP contribution in [-0.4, -0.2) is 44.5 Å². The number of imidazole rings is 1. The van der Waals surface area contributed by atoms with Crippen LogP contribution in [0.25, 0.3) is 11.3 Å². The van der Waals surface area contributed by atoms with E-state index in [-0.39, 0.29) is 24.6 Å². The molecule has 2 N–H and O–H groups in total. The third-order valence-electron chi connectivity index (χ3n) is 5.53. The predicted octanol–water partition coefficient (Wildman–Crippen LogP) is 3.54. The second kappa shape index (κ2) is 12.3. The van der Waals surface area contributed by atoms with Crippen molar-refractivity contribution < 1.29 is 14.3 Å². The molecule has 0 aliphatic heterocycles. The van der Waals surface area contributed by atoms with E-state index < -0.39 is 6.09 Å². The molecule has 2 aromatic heterocycles. The molecule has 0 aliphatic carbocycles. The Bertz CT molecular complexity index is 1400. The highest BCUT2D eigenvalue weighted by molar-refractivity contribution is 5.94. The van der Waals surface area contributed by atoms with Crippen molar-refractivity contribution in [1.29, 1.82) is 0 Å². The molecule has 10 heteroatoms. The molecule has 10 nitrogen and oxygen atoms in total. The van der Waals surface area contributed by atoms with Gasteiger partial charge in [-0.25, -0.2) is 14.5 Å². The van der Waals surface area contributed by atoms with Crippen LogP contribution in [0.2, 0.25) is 0 Å². The number of amides is 2. The zero-order valence-corrected chi connectivity index (χ0v) is 20.5. The van der Waals surface area contributed by atoms with Crippen molar-refractivity contribution in [1.82, 2.24) is 24.6 Å². The van der Waals surface area contributed by atoms with Crippen LogP contribution in [0.15, 0.2) is 84.2 Å². The summed E-state index contributed by atoms with van der Waals surface area (Å²) in [5.74, 6) is -0.147. The first-order chi connectivity index (χ1) is 18.0. The smallest absolute Gasteiger partial charge is 0.411 e. The molecule has 0 atom stereocenters. The van der Waals surface area contributed by atoms with Gasteiger partial charge in [0.05, 0.1) is 25.2 Å². The first kappa shape index (κ1) is 25.4. The molecule has 0 fully saturated rings. The van der Waals surface area contributed by atoms with E-state index in [9.17, 15) is 14.4 Å². The maximum atomic E-state index is 12.5. The fraction of sp³-hybridized carbons (Fsp3) is 0.222. The predicted molar refractivity (Wildman–Crippen MR) is 139 cm³/mol. The number of aryl methyl sites for hydroxylation is 1. The lowest BCUT2D eigenvalue weighted by Gasteiger charge is -2.10. The van der Waals surface area contributed by atoms with Gasteiger partial charge < -0.3 is 14.6 Å². The van der Waals surface area contributed by atoms with Crippen molar-refractivity contribution in [3.63, 3.8) is 0 Å². The van der Waals surface area contributed by atoms with Crippen LogP contribution in [0.1, 0.15) is 29.3 Å². The van der Waals surface area contributed by atoms with Crippen LogP contribution in [0.4, 0.5) is 10.5 Å². The standard InChI is InChI=1S/C27H28N6O4/c1-2-37-27(36)30-23-6-3-5-20(17-23)18-33-25(34)12-11-24(31-33)21-7-9-22(10-8-21)26(35)29-13-4-15-32-16-14-28-19-32/h3,5-12,14,16-17,19H,2,4,13,15,18H2,1H3,(H,29,35)(H,30,36). The van der Waals surface area contributed by atoms with Crippen molar-refractivity contribution in [3.8, 4) is 11.3 Å². The fourth-order valence-electron chi connectivity index (χ4n) is 3.70. The van der Waals surface area contributed by atoms with E-state index >= 15 is 0 Å². The van der Waals surface area contributed by atoms with Gasteiger partial charge in [-0.2, -0.15) is 5.10 Å². The number of anilines is 1. The summed E-state index contributed by atoms with van der Waals surface area (Å²) in [5.41, 5.74) is 3.04. The highest BCUT2D eigenvalue weighted by atomic mass is 16.5. The minimum absolute atomic E-state index is 0.147. The molecule has 0 spiro atoms. The van der Waals surface area contributed by atoms with Gasteiger partial charge in [0, 0.05) is 48.4 Å². The number of hydrogen-bond donors (Lipinski definition) is 2. The Kier molecular flexibility index (Phi) is 8.43. The number of aromatic nitrogens is 4. The third kappa shape index (κ3) is 7.14. The number of carbonyl (C=O) groups excluding carboxylic acids is 2. The molecule has 0 saturated carbocycles. The van der Waals surface area contributed by atoms with Gasteiger partial charge in [-0.1, -0.05) is 24.3 Å². The van der Waals surface area contributed by atoms with Crippen molar-refractivity contribution in [2.45, 2.75) is 26.4 Å². The van der Waals surface area contributed by atoms with E-state index in [1.165, 1.54) is 10.7 Å². The largest absolute Gasteiger partial charge is 0.450 e. The molecular weight excluding hydrogens is 472 g/mol. The van der Waals surface area contributed by atoms with Gasteiger partial charge in [0.25, 0.3) is 11.5 Å². The number of nitrogens with zero attached hydrogens (tertiary/aromatic N) is 4. The Morgan fingerprint density at radius 2 is 1.89 bits per heavy atom. The van der Waals surface area contributed by atoms with E-state index in [0.29, 0.717) is 23.5 Å². The summed E-state index contributed by atoms with van der Waals surface area (Å²) in [6, 6.07) is 17.3. The summed E-state index contributed by atoms with van der Waals surface area (Å²) in [6.07, 6.45) is 5.62. The highest BCUT2D eigenvalue weighted by Gasteiger charge is 2.09. The summed E-state index contributed by atoms with van der Waals surface area (Å²) < 4.78 is 8.23. The van der Waals surface area contributed by atoms with Gasteiger partial charge in [0.2, 0.25) is 0 Å². The molecule has 37 heavy (non-hydrogen) atoms. The molecule has 2 aromatic carbocycles. The first-order valence-corrected chi connectivity index (χ1v) is 12.0. The summed E-state index contributed by atoms with van der Waals surface area (Å²) in [6.45, 7) is 3.57. The maximum Gasteiger partial charge on any atom is 0.411 e. The summed E-state index contributed by atoms with van der Waals surface area (Å²) >= 11 is 0. The number of nitrogens with one attached hydrogen (secondary N) is 2. The lowest BCUT2D eigenvalue weighted by atomic mass is 10.1. The average Bonchev–Trinajstić information content (AvgIpc) is 3.42. The molecule has 0 radical (unpaired) electrons. The van der Waals surface area contributed by atoms with Crippen LogP contribution < -0.4 is 16.2 Å².